The van der Waals surface area contributed by atoms with Crippen LogP contribution >= 0.6 is 0 Å². The van der Waals surface area contributed by atoms with Crippen molar-refractivity contribution in [3.8, 4) is 0 Å². The third-order valence-electron chi connectivity index (χ3n) is 3.73. The van der Waals surface area contributed by atoms with Crippen LogP contribution in [-0.4, -0.2) is 35.1 Å². The molecule has 0 fully saturated rings. The lowest BCUT2D eigenvalue weighted by molar-refractivity contribution is -0.141. The number of hydrogen-bond acceptors (Lipinski definition) is 3. The molecule has 0 radical (unpaired) electrons. The molecule has 0 saturated carbocycles. The van der Waals surface area contributed by atoms with Gasteiger partial charge in [-0.3, -0.25) is 9.59 Å². The Balaban J connectivity index is 3.94. The molecule has 1 amide bonds. The van der Waals surface area contributed by atoms with Crippen molar-refractivity contribution in [3.63, 3.8) is 0 Å². The monoisotopic (exact) mass is 300 g/mol. The fraction of sp³-hybridized carbons (Fsp3) is 0.875. The molecule has 0 aliphatic rings. The summed E-state index contributed by atoms with van der Waals surface area (Å²) >= 11 is 0. The summed E-state index contributed by atoms with van der Waals surface area (Å²) in [5.41, 5.74) is 0. The lowest BCUT2D eigenvalue weighted by atomic mass is 10.0. The van der Waals surface area contributed by atoms with Crippen molar-refractivity contribution in [2.75, 3.05) is 0 Å². The molecular formula is C16H32N2O3. The number of hydrogen-bond donors (Lipinski definition) is 3. The number of amides is 1. The molecular weight excluding hydrogens is 268 g/mol. The molecule has 4 atom stereocenters. The number of carbonyl (C=O) groups is 2. The van der Waals surface area contributed by atoms with Crippen molar-refractivity contribution in [1.29, 1.82) is 0 Å². The molecule has 0 aromatic rings. The highest BCUT2D eigenvalue weighted by atomic mass is 16.4. The van der Waals surface area contributed by atoms with Crippen LogP contribution in [-0.2, 0) is 9.59 Å². The molecule has 21 heavy (non-hydrogen) atoms. The van der Waals surface area contributed by atoms with E-state index in [0.717, 1.165) is 25.7 Å². The van der Waals surface area contributed by atoms with Crippen LogP contribution in [0, 0.1) is 5.92 Å². The van der Waals surface area contributed by atoms with Gasteiger partial charge in [-0.1, -0.05) is 26.7 Å². The quantitative estimate of drug-likeness (QED) is 0.548. The Hall–Kier alpha value is -1.10. The van der Waals surface area contributed by atoms with Gasteiger partial charge in [-0.2, -0.15) is 0 Å². The molecule has 124 valence electrons. The first-order valence-corrected chi connectivity index (χ1v) is 8.07. The van der Waals surface area contributed by atoms with Gasteiger partial charge in [0.15, 0.2) is 0 Å². The second kappa shape index (κ2) is 10.6. The van der Waals surface area contributed by atoms with Crippen molar-refractivity contribution in [2.45, 2.75) is 84.8 Å². The van der Waals surface area contributed by atoms with E-state index in [9.17, 15) is 9.59 Å². The van der Waals surface area contributed by atoms with Crippen molar-refractivity contribution in [1.82, 2.24) is 10.6 Å². The number of nitrogens with one attached hydrogen (secondary N) is 2. The van der Waals surface area contributed by atoms with E-state index in [0.29, 0.717) is 6.42 Å². The number of carboxylic acid groups (broad SMARTS) is 1. The molecule has 5 heteroatoms. The third kappa shape index (κ3) is 9.45. The summed E-state index contributed by atoms with van der Waals surface area (Å²) in [6, 6.07) is 0.183. The first-order valence-electron chi connectivity index (χ1n) is 8.07. The highest BCUT2D eigenvalue weighted by Gasteiger charge is 2.17. The summed E-state index contributed by atoms with van der Waals surface area (Å²) in [4.78, 5) is 22.7. The minimum absolute atomic E-state index is 0.0294. The zero-order valence-electron chi connectivity index (χ0n) is 14.1. The van der Waals surface area contributed by atoms with Crippen LogP contribution in [0.2, 0.25) is 0 Å². The number of carbonyl (C=O) groups excluding carboxylic acids is 1. The fourth-order valence-corrected chi connectivity index (χ4v) is 2.31. The Morgan fingerprint density at radius 3 is 2.14 bits per heavy atom. The summed E-state index contributed by atoms with van der Waals surface area (Å²) in [6.45, 7) is 9.75. The predicted molar refractivity (Wildman–Crippen MR) is 85.2 cm³/mol. The van der Waals surface area contributed by atoms with Gasteiger partial charge in [0.2, 0.25) is 5.91 Å². The van der Waals surface area contributed by atoms with E-state index in [2.05, 4.69) is 17.6 Å². The second-order valence-corrected chi connectivity index (χ2v) is 6.16. The highest BCUT2D eigenvalue weighted by Crippen LogP contribution is 2.10. The van der Waals surface area contributed by atoms with Crippen LogP contribution in [0.3, 0.4) is 0 Å². The Labute approximate surface area is 128 Å². The van der Waals surface area contributed by atoms with E-state index in [1.807, 2.05) is 20.8 Å². The molecule has 0 aliphatic carbocycles. The van der Waals surface area contributed by atoms with Crippen LogP contribution in [0.25, 0.3) is 0 Å². The molecule has 5 nitrogen and oxygen atoms in total. The lowest BCUT2D eigenvalue weighted by Crippen LogP contribution is -2.48. The van der Waals surface area contributed by atoms with Gasteiger partial charge < -0.3 is 15.7 Å². The van der Waals surface area contributed by atoms with Crippen molar-refractivity contribution in [2.24, 2.45) is 5.92 Å². The minimum Gasteiger partial charge on any atom is -0.481 e. The SMILES string of the molecule is CCCC(C)NC(=O)C(C)NC(C)CCCC(C)C(=O)O. The van der Waals surface area contributed by atoms with E-state index >= 15 is 0 Å². The van der Waals surface area contributed by atoms with E-state index < -0.39 is 5.97 Å². The molecule has 3 N–H and O–H groups in total. The summed E-state index contributed by atoms with van der Waals surface area (Å²) in [5.74, 6) is -1.01. The largest absolute Gasteiger partial charge is 0.481 e. The summed E-state index contributed by atoms with van der Waals surface area (Å²) < 4.78 is 0. The van der Waals surface area contributed by atoms with Crippen LogP contribution < -0.4 is 10.6 Å². The van der Waals surface area contributed by atoms with Gasteiger partial charge in [0.05, 0.1) is 12.0 Å². The van der Waals surface area contributed by atoms with E-state index in [-0.39, 0.29) is 30.0 Å². The first kappa shape index (κ1) is 19.9. The van der Waals surface area contributed by atoms with Gasteiger partial charge in [-0.05, 0) is 40.0 Å². The topological polar surface area (TPSA) is 78.4 Å². The first-order chi connectivity index (χ1) is 9.77. The van der Waals surface area contributed by atoms with Gasteiger partial charge >= 0.3 is 5.97 Å². The maximum Gasteiger partial charge on any atom is 0.306 e. The van der Waals surface area contributed by atoms with Gasteiger partial charge in [0, 0.05) is 12.1 Å². The highest BCUT2D eigenvalue weighted by molar-refractivity contribution is 5.81. The molecule has 0 saturated heterocycles. The predicted octanol–water partition coefficient (Wildman–Crippen LogP) is 2.55. The maximum absolute atomic E-state index is 12.0. The summed E-state index contributed by atoms with van der Waals surface area (Å²) in [5, 5.41) is 15.1. The minimum atomic E-state index is -0.742. The Morgan fingerprint density at radius 2 is 1.62 bits per heavy atom. The van der Waals surface area contributed by atoms with Crippen LogP contribution in [0.4, 0.5) is 0 Å². The number of carboxylic acids is 1. The number of rotatable bonds is 11. The van der Waals surface area contributed by atoms with E-state index in [1.165, 1.54) is 0 Å². The summed E-state index contributed by atoms with van der Waals surface area (Å²) in [6.07, 6.45) is 4.44. The molecule has 0 spiro atoms. The molecule has 0 bridgehead atoms. The third-order valence-corrected chi connectivity index (χ3v) is 3.73. The summed E-state index contributed by atoms with van der Waals surface area (Å²) in [7, 11) is 0. The zero-order chi connectivity index (χ0) is 16.4. The molecule has 0 rings (SSSR count). The Bertz CT molecular complexity index is 321. The zero-order valence-corrected chi connectivity index (χ0v) is 14.1. The maximum atomic E-state index is 12.0. The van der Waals surface area contributed by atoms with Crippen molar-refractivity contribution >= 4 is 11.9 Å². The molecule has 0 heterocycles. The average Bonchev–Trinajstić information content (AvgIpc) is 2.38. The molecule has 0 aromatic carbocycles. The number of aliphatic carboxylic acids is 1. The second-order valence-electron chi connectivity index (χ2n) is 6.16. The smallest absolute Gasteiger partial charge is 0.306 e. The molecule has 4 unspecified atom stereocenters. The van der Waals surface area contributed by atoms with Crippen LogP contribution in [0.5, 0.6) is 0 Å². The molecule has 0 aliphatic heterocycles. The van der Waals surface area contributed by atoms with Crippen LogP contribution in [0.15, 0.2) is 0 Å². The standard InChI is InChI=1S/C16H32N2O3/c1-6-8-12(3)18-15(19)14(5)17-13(4)10-7-9-11(2)16(20)21/h11-14,17H,6-10H2,1-5H3,(H,18,19)(H,20,21). The average molecular weight is 300 g/mol. The Morgan fingerprint density at radius 1 is 1.00 bits per heavy atom. The van der Waals surface area contributed by atoms with Crippen molar-refractivity contribution < 1.29 is 14.7 Å². The lowest BCUT2D eigenvalue weighted by Gasteiger charge is -2.22. The van der Waals surface area contributed by atoms with E-state index in [1.54, 1.807) is 6.92 Å². The fourth-order valence-electron chi connectivity index (χ4n) is 2.31. The van der Waals surface area contributed by atoms with Crippen LogP contribution in [0.1, 0.15) is 66.7 Å². The van der Waals surface area contributed by atoms with Gasteiger partial charge in [-0.25, -0.2) is 0 Å². The van der Waals surface area contributed by atoms with Gasteiger partial charge in [0.1, 0.15) is 0 Å². The molecule has 0 aromatic heterocycles. The van der Waals surface area contributed by atoms with Gasteiger partial charge in [-0.15, -0.1) is 0 Å². The van der Waals surface area contributed by atoms with E-state index in [4.69, 9.17) is 5.11 Å². The normalized spacial score (nSPS) is 16.8. The van der Waals surface area contributed by atoms with Crippen molar-refractivity contribution in [3.05, 3.63) is 0 Å². The Kier molecular flexibility index (Phi) is 10.0. The van der Waals surface area contributed by atoms with Gasteiger partial charge in [0.25, 0.3) is 0 Å².